The predicted octanol–water partition coefficient (Wildman–Crippen LogP) is 2.97. The number of hydrogen-bond donors (Lipinski definition) is 3. The summed E-state index contributed by atoms with van der Waals surface area (Å²) >= 11 is 4.92. The van der Waals surface area contributed by atoms with Crippen LogP contribution in [0.1, 0.15) is 22.0 Å². The second-order valence-electron chi connectivity index (χ2n) is 6.66. The number of rotatable bonds is 5. The van der Waals surface area contributed by atoms with Gasteiger partial charge in [-0.15, -0.1) is 0 Å². The zero-order chi connectivity index (χ0) is 22.1. The molecular formula is C20H19F3N2O4S. The number of halogens is 3. The number of nitrogens with one attached hydrogen (secondary N) is 2. The molecule has 3 atom stereocenters. The van der Waals surface area contributed by atoms with Crippen LogP contribution >= 0.6 is 12.2 Å². The molecule has 0 aromatic heterocycles. The summed E-state index contributed by atoms with van der Waals surface area (Å²) in [6.07, 6.45) is -5.19. The molecule has 6 nitrogen and oxygen atoms in total. The summed E-state index contributed by atoms with van der Waals surface area (Å²) in [6.45, 7) is 0. The summed E-state index contributed by atoms with van der Waals surface area (Å²) in [6, 6.07) is 10.6. The average molecular weight is 440 g/mol. The molecule has 1 aliphatic heterocycles. The van der Waals surface area contributed by atoms with Crippen LogP contribution in [0.25, 0.3) is 0 Å². The first-order chi connectivity index (χ1) is 14.1. The Morgan fingerprint density at radius 1 is 1.10 bits per heavy atom. The van der Waals surface area contributed by atoms with Gasteiger partial charge in [0.25, 0.3) is 0 Å². The number of methoxy groups -OCH3 is 2. The van der Waals surface area contributed by atoms with Gasteiger partial charge in [0, 0.05) is 5.56 Å². The molecule has 0 bridgehead atoms. The highest BCUT2D eigenvalue weighted by Crippen LogP contribution is 2.45. The minimum Gasteiger partial charge on any atom is -0.493 e. The number of thiocarbonyl (C=S) groups is 1. The number of aliphatic hydroxyl groups is 1. The van der Waals surface area contributed by atoms with Crippen molar-refractivity contribution < 1.29 is 32.5 Å². The first kappa shape index (κ1) is 21.8. The molecule has 1 heterocycles. The van der Waals surface area contributed by atoms with Gasteiger partial charge in [-0.1, -0.05) is 36.4 Å². The highest BCUT2D eigenvalue weighted by atomic mass is 32.1. The molecule has 10 heteroatoms. The van der Waals surface area contributed by atoms with Crippen molar-refractivity contribution in [2.45, 2.75) is 17.9 Å². The zero-order valence-corrected chi connectivity index (χ0v) is 16.8. The van der Waals surface area contributed by atoms with E-state index in [1.165, 1.54) is 56.7 Å². The van der Waals surface area contributed by atoms with Crippen molar-refractivity contribution in [3.8, 4) is 11.5 Å². The fourth-order valence-corrected chi connectivity index (χ4v) is 3.73. The minimum absolute atomic E-state index is 0.0204. The Morgan fingerprint density at radius 3 is 2.30 bits per heavy atom. The van der Waals surface area contributed by atoms with E-state index in [0.717, 1.165) is 0 Å². The van der Waals surface area contributed by atoms with Gasteiger partial charge in [0.05, 0.1) is 20.3 Å². The lowest BCUT2D eigenvalue weighted by Crippen LogP contribution is -2.72. The highest BCUT2D eigenvalue weighted by molar-refractivity contribution is 7.80. The first-order valence-electron chi connectivity index (χ1n) is 8.81. The summed E-state index contributed by atoms with van der Waals surface area (Å²) in [4.78, 5) is 13.2. The number of carbonyl (C=O) groups excluding carboxylic acids is 1. The fraction of sp³-hybridized carbons (Fsp3) is 0.300. The van der Waals surface area contributed by atoms with E-state index in [0.29, 0.717) is 5.75 Å². The van der Waals surface area contributed by atoms with E-state index in [1.807, 2.05) is 5.32 Å². The maximum absolute atomic E-state index is 14.0. The van der Waals surface area contributed by atoms with Crippen LogP contribution < -0.4 is 20.1 Å². The van der Waals surface area contributed by atoms with Crippen LogP contribution in [-0.4, -0.2) is 42.1 Å². The van der Waals surface area contributed by atoms with Crippen LogP contribution in [0.15, 0.2) is 48.5 Å². The molecule has 0 saturated carbocycles. The molecule has 2 aromatic carbocycles. The van der Waals surface area contributed by atoms with Gasteiger partial charge in [0.1, 0.15) is 5.92 Å². The summed E-state index contributed by atoms with van der Waals surface area (Å²) < 4.78 is 52.3. The quantitative estimate of drug-likeness (QED) is 0.487. The molecule has 1 saturated heterocycles. The van der Waals surface area contributed by atoms with Gasteiger partial charge in [0.2, 0.25) is 5.72 Å². The van der Waals surface area contributed by atoms with E-state index in [4.69, 9.17) is 21.7 Å². The van der Waals surface area contributed by atoms with Gasteiger partial charge < -0.3 is 25.2 Å². The summed E-state index contributed by atoms with van der Waals surface area (Å²) in [5.74, 6) is -2.28. The molecule has 1 aliphatic rings. The second kappa shape index (κ2) is 8.11. The van der Waals surface area contributed by atoms with Crippen LogP contribution in [0.3, 0.4) is 0 Å². The first-order valence-corrected chi connectivity index (χ1v) is 9.22. The van der Waals surface area contributed by atoms with Crippen LogP contribution in [0.4, 0.5) is 13.2 Å². The molecule has 3 unspecified atom stereocenters. The third-order valence-corrected chi connectivity index (χ3v) is 5.13. The highest BCUT2D eigenvalue weighted by Gasteiger charge is 2.65. The molecule has 0 amide bonds. The third-order valence-electron chi connectivity index (χ3n) is 4.91. The standard InChI is InChI=1S/C20H19F3N2O4S/c1-28-13-9-8-12(10-14(13)29-2)16-15(17(26)11-6-4-3-5-7-11)19(27,20(21,22)23)25-18(30)24-16/h3-10,15-16,27H,1-2H3,(H2,24,25,30). The Balaban J connectivity index is 2.18. The van der Waals surface area contributed by atoms with Crippen molar-refractivity contribution in [1.82, 2.24) is 10.6 Å². The molecular weight excluding hydrogens is 421 g/mol. The summed E-state index contributed by atoms with van der Waals surface area (Å²) in [5.41, 5.74) is -3.30. The second-order valence-corrected chi connectivity index (χ2v) is 7.07. The van der Waals surface area contributed by atoms with Gasteiger partial charge in [-0.25, -0.2) is 0 Å². The number of carbonyl (C=O) groups is 1. The lowest BCUT2D eigenvalue weighted by atomic mass is 9.77. The monoisotopic (exact) mass is 440 g/mol. The Bertz CT molecular complexity index is 955. The normalized spacial score (nSPS) is 23.9. The molecule has 1 fully saturated rings. The fourth-order valence-electron chi connectivity index (χ4n) is 3.45. The van der Waals surface area contributed by atoms with Crippen LogP contribution in [0.2, 0.25) is 0 Å². The third kappa shape index (κ3) is 3.80. The number of ketones is 1. The molecule has 0 spiro atoms. The smallest absolute Gasteiger partial charge is 0.437 e. The number of hydrogen-bond acceptors (Lipinski definition) is 5. The Kier molecular flexibility index (Phi) is 5.91. The molecule has 0 radical (unpaired) electrons. The zero-order valence-electron chi connectivity index (χ0n) is 16.0. The van der Waals surface area contributed by atoms with E-state index in [-0.39, 0.29) is 16.9 Å². The Morgan fingerprint density at radius 2 is 1.73 bits per heavy atom. The topological polar surface area (TPSA) is 79.8 Å². The number of ether oxygens (including phenoxy) is 2. The molecule has 3 N–H and O–H groups in total. The van der Waals surface area contributed by atoms with Crippen LogP contribution in [0, 0.1) is 5.92 Å². The van der Waals surface area contributed by atoms with Crippen molar-refractivity contribution in [3.63, 3.8) is 0 Å². The number of Topliss-reactive ketones (excluding diaryl/α,β-unsaturated/α-hetero) is 1. The van der Waals surface area contributed by atoms with Crippen molar-refractivity contribution in [3.05, 3.63) is 59.7 Å². The Labute approximate surface area is 176 Å². The molecule has 2 aromatic rings. The van der Waals surface area contributed by atoms with Gasteiger partial charge in [-0.2, -0.15) is 13.2 Å². The van der Waals surface area contributed by atoms with Crippen molar-refractivity contribution >= 4 is 23.1 Å². The van der Waals surface area contributed by atoms with Gasteiger partial charge in [-0.05, 0) is 29.9 Å². The SMILES string of the molecule is COc1ccc(C2NC(=S)NC(O)(C(F)(F)F)C2C(=O)c2ccccc2)cc1OC. The molecule has 160 valence electrons. The number of benzene rings is 2. The van der Waals surface area contributed by atoms with E-state index in [2.05, 4.69) is 5.32 Å². The lowest BCUT2D eigenvalue weighted by molar-refractivity contribution is -0.285. The summed E-state index contributed by atoms with van der Waals surface area (Å²) in [5, 5.41) is 14.8. The maximum atomic E-state index is 14.0. The van der Waals surface area contributed by atoms with Crippen molar-refractivity contribution in [2.24, 2.45) is 5.92 Å². The van der Waals surface area contributed by atoms with Crippen molar-refractivity contribution in [2.75, 3.05) is 14.2 Å². The Hall–Kier alpha value is -2.85. The largest absolute Gasteiger partial charge is 0.493 e. The predicted molar refractivity (Wildman–Crippen MR) is 106 cm³/mol. The molecule has 30 heavy (non-hydrogen) atoms. The average Bonchev–Trinajstić information content (AvgIpc) is 2.72. The molecule has 0 aliphatic carbocycles. The van der Waals surface area contributed by atoms with Gasteiger partial charge >= 0.3 is 6.18 Å². The lowest BCUT2D eigenvalue weighted by Gasteiger charge is -2.46. The van der Waals surface area contributed by atoms with E-state index >= 15 is 0 Å². The van der Waals surface area contributed by atoms with E-state index < -0.39 is 34.8 Å². The maximum Gasteiger partial charge on any atom is 0.437 e. The van der Waals surface area contributed by atoms with Gasteiger partial charge in [-0.3, -0.25) is 4.79 Å². The minimum atomic E-state index is -5.19. The van der Waals surface area contributed by atoms with E-state index in [9.17, 15) is 23.1 Å². The van der Waals surface area contributed by atoms with E-state index in [1.54, 1.807) is 6.07 Å². The molecule has 3 rings (SSSR count). The van der Waals surface area contributed by atoms with Crippen molar-refractivity contribution in [1.29, 1.82) is 0 Å². The van der Waals surface area contributed by atoms with Gasteiger partial charge in [0.15, 0.2) is 22.4 Å². The number of alkyl halides is 3. The van der Waals surface area contributed by atoms with Crippen LogP contribution in [0.5, 0.6) is 11.5 Å². The summed E-state index contributed by atoms with van der Waals surface area (Å²) in [7, 11) is 2.79. The van der Waals surface area contributed by atoms with Crippen LogP contribution in [-0.2, 0) is 0 Å².